The molecular weight excluding hydrogens is 314 g/mol. The van der Waals surface area contributed by atoms with Gasteiger partial charge in [-0.2, -0.15) is 0 Å². The number of anilines is 2. The normalized spacial score (nSPS) is 16.3. The molecule has 8 heteroatoms. The number of carbonyl (C=O) groups excluding carboxylic acids is 1. The monoisotopic (exact) mass is 335 g/mol. The number of rotatable bonds is 4. The van der Waals surface area contributed by atoms with Crippen molar-refractivity contribution in [1.29, 1.82) is 0 Å². The largest absolute Gasteiger partial charge is 0.360 e. The SMILES string of the molecule is Cc1csc(N2CCCN(CC(=O)Nc3cc(C)on3)CC2)n1. The van der Waals surface area contributed by atoms with E-state index in [1.807, 2.05) is 6.92 Å². The van der Waals surface area contributed by atoms with Crippen LogP contribution in [-0.2, 0) is 4.79 Å². The van der Waals surface area contributed by atoms with Crippen LogP contribution in [0.1, 0.15) is 17.9 Å². The van der Waals surface area contributed by atoms with Crippen LogP contribution in [0, 0.1) is 13.8 Å². The number of nitrogens with one attached hydrogen (secondary N) is 1. The fourth-order valence-electron chi connectivity index (χ4n) is 2.62. The van der Waals surface area contributed by atoms with E-state index in [0.29, 0.717) is 18.1 Å². The highest BCUT2D eigenvalue weighted by atomic mass is 32.1. The van der Waals surface area contributed by atoms with E-state index in [2.05, 4.69) is 30.6 Å². The lowest BCUT2D eigenvalue weighted by Gasteiger charge is -2.20. The van der Waals surface area contributed by atoms with Gasteiger partial charge in [0.15, 0.2) is 10.9 Å². The molecule has 0 spiro atoms. The van der Waals surface area contributed by atoms with Crippen LogP contribution < -0.4 is 10.2 Å². The average Bonchev–Trinajstić information content (AvgIpc) is 3.03. The Kier molecular flexibility index (Phi) is 4.92. The summed E-state index contributed by atoms with van der Waals surface area (Å²) in [5.41, 5.74) is 1.06. The summed E-state index contributed by atoms with van der Waals surface area (Å²) in [5.74, 6) is 1.10. The first-order chi connectivity index (χ1) is 11.1. The van der Waals surface area contributed by atoms with Gasteiger partial charge in [0.25, 0.3) is 0 Å². The second-order valence-electron chi connectivity index (χ2n) is 5.76. The van der Waals surface area contributed by atoms with Crippen LogP contribution in [0.25, 0.3) is 0 Å². The second-order valence-corrected chi connectivity index (χ2v) is 6.60. The maximum atomic E-state index is 12.1. The van der Waals surface area contributed by atoms with E-state index in [4.69, 9.17) is 4.52 Å². The minimum Gasteiger partial charge on any atom is -0.360 e. The van der Waals surface area contributed by atoms with E-state index < -0.39 is 0 Å². The Labute approximate surface area is 139 Å². The molecule has 1 aliphatic rings. The van der Waals surface area contributed by atoms with Crippen molar-refractivity contribution in [2.45, 2.75) is 20.3 Å². The van der Waals surface area contributed by atoms with Crippen molar-refractivity contribution in [3.8, 4) is 0 Å². The zero-order chi connectivity index (χ0) is 16.2. The quantitative estimate of drug-likeness (QED) is 0.920. The van der Waals surface area contributed by atoms with E-state index in [9.17, 15) is 4.79 Å². The molecule has 1 amide bonds. The van der Waals surface area contributed by atoms with Crippen LogP contribution in [0.2, 0.25) is 0 Å². The van der Waals surface area contributed by atoms with E-state index >= 15 is 0 Å². The molecule has 0 saturated carbocycles. The number of hydrogen-bond acceptors (Lipinski definition) is 7. The predicted octanol–water partition coefficient (Wildman–Crippen LogP) is 1.90. The summed E-state index contributed by atoms with van der Waals surface area (Å²) >= 11 is 1.68. The molecule has 1 aliphatic heterocycles. The summed E-state index contributed by atoms with van der Waals surface area (Å²) in [5, 5.41) is 9.70. The molecule has 0 aromatic carbocycles. The van der Waals surface area contributed by atoms with Gasteiger partial charge in [0, 0.05) is 37.6 Å². The van der Waals surface area contributed by atoms with Crippen molar-refractivity contribution in [3.63, 3.8) is 0 Å². The van der Waals surface area contributed by atoms with E-state index in [0.717, 1.165) is 43.4 Å². The molecule has 3 rings (SSSR count). The maximum absolute atomic E-state index is 12.1. The number of carbonyl (C=O) groups is 1. The first-order valence-electron chi connectivity index (χ1n) is 7.73. The topological polar surface area (TPSA) is 74.5 Å². The van der Waals surface area contributed by atoms with Crippen molar-refractivity contribution < 1.29 is 9.32 Å². The Hall–Kier alpha value is -1.93. The van der Waals surface area contributed by atoms with Gasteiger partial charge in [-0.05, 0) is 20.3 Å². The van der Waals surface area contributed by atoms with Gasteiger partial charge in [-0.3, -0.25) is 9.69 Å². The zero-order valence-corrected chi connectivity index (χ0v) is 14.2. The summed E-state index contributed by atoms with van der Waals surface area (Å²) in [4.78, 5) is 21.1. The molecule has 0 radical (unpaired) electrons. The molecule has 0 unspecified atom stereocenters. The summed E-state index contributed by atoms with van der Waals surface area (Å²) < 4.78 is 4.95. The van der Waals surface area contributed by atoms with Crippen molar-refractivity contribution in [1.82, 2.24) is 15.0 Å². The molecule has 7 nitrogen and oxygen atoms in total. The third kappa shape index (κ3) is 4.29. The molecule has 1 fully saturated rings. The molecule has 1 N–H and O–H groups in total. The van der Waals surface area contributed by atoms with Crippen molar-refractivity contribution in [2.75, 3.05) is 42.9 Å². The van der Waals surface area contributed by atoms with Crippen LogP contribution in [0.4, 0.5) is 10.9 Å². The number of amides is 1. The second kappa shape index (κ2) is 7.10. The first-order valence-corrected chi connectivity index (χ1v) is 8.61. The van der Waals surface area contributed by atoms with Crippen LogP contribution in [0.3, 0.4) is 0 Å². The summed E-state index contributed by atoms with van der Waals surface area (Å²) in [6.45, 7) is 7.82. The molecule has 3 heterocycles. The number of hydrogen-bond donors (Lipinski definition) is 1. The Bertz CT molecular complexity index is 668. The molecule has 0 atom stereocenters. The summed E-state index contributed by atoms with van der Waals surface area (Å²) in [7, 11) is 0. The van der Waals surface area contributed by atoms with Crippen LogP contribution in [0.5, 0.6) is 0 Å². The van der Waals surface area contributed by atoms with E-state index in [-0.39, 0.29) is 5.91 Å². The predicted molar refractivity (Wildman–Crippen MR) is 90.0 cm³/mol. The van der Waals surface area contributed by atoms with Gasteiger partial charge in [-0.1, -0.05) is 5.16 Å². The van der Waals surface area contributed by atoms with Crippen LogP contribution in [0.15, 0.2) is 16.0 Å². The van der Waals surface area contributed by atoms with E-state index in [1.54, 1.807) is 24.3 Å². The third-order valence-corrected chi connectivity index (χ3v) is 4.75. The highest BCUT2D eigenvalue weighted by molar-refractivity contribution is 7.13. The fourth-order valence-corrected chi connectivity index (χ4v) is 3.47. The lowest BCUT2D eigenvalue weighted by molar-refractivity contribution is -0.117. The fraction of sp³-hybridized carbons (Fsp3) is 0.533. The van der Waals surface area contributed by atoms with Gasteiger partial charge in [-0.15, -0.1) is 11.3 Å². The minimum atomic E-state index is -0.0585. The van der Waals surface area contributed by atoms with Crippen LogP contribution >= 0.6 is 11.3 Å². The Balaban J connectivity index is 1.50. The Morgan fingerprint density at radius 1 is 1.35 bits per heavy atom. The van der Waals surface area contributed by atoms with Crippen molar-refractivity contribution in [3.05, 3.63) is 22.9 Å². The maximum Gasteiger partial charge on any atom is 0.239 e. The smallest absolute Gasteiger partial charge is 0.239 e. The molecular formula is C15H21N5O2S. The standard InChI is InChI=1S/C15H21N5O2S/c1-11-10-23-15(16-11)20-5-3-4-19(6-7-20)9-14(21)17-13-8-12(2)22-18-13/h8,10H,3-7,9H2,1-2H3,(H,17,18,21). The van der Waals surface area contributed by atoms with Crippen molar-refractivity contribution >= 4 is 28.2 Å². The average molecular weight is 335 g/mol. The number of aromatic nitrogens is 2. The lowest BCUT2D eigenvalue weighted by Crippen LogP contribution is -2.36. The van der Waals surface area contributed by atoms with Crippen LogP contribution in [-0.4, -0.2) is 53.7 Å². The number of thiazole rings is 1. The first kappa shape index (κ1) is 15.9. The summed E-state index contributed by atoms with van der Waals surface area (Å²) in [6, 6.07) is 1.72. The Morgan fingerprint density at radius 3 is 2.91 bits per heavy atom. The molecule has 2 aromatic heterocycles. The van der Waals surface area contributed by atoms with Gasteiger partial charge in [0.2, 0.25) is 5.91 Å². The lowest BCUT2D eigenvalue weighted by atomic mass is 10.3. The van der Waals surface area contributed by atoms with Gasteiger partial charge in [-0.25, -0.2) is 4.98 Å². The molecule has 0 aliphatic carbocycles. The number of aryl methyl sites for hydroxylation is 2. The van der Waals surface area contributed by atoms with Gasteiger partial charge in [0.05, 0.1) is 12.2 Å². The molecule has 1 saturated heterocycles. The molecule has 0 bridgehead atoms. The highest BCUT2D eigenvalue weighted by Crippen LogP contribution is 2.21. The summed E-state index contributed by atoms with van der Waals surface area (Å²) in [6.07, 6.45) is 1.02. The van der Waals surface area contributed by atoms with Gasteiger partial charge < -0.3 is 14.7 Å². The van der Waals surface area contributed by atoms with Gasteiger partial charge >= 0.3 is 0 Å². The van der Waals surface area contributed by atoms with Gasteiger partial charge in [0.1, 0.15) is 5.76 Å². The molecule has 2 aromatic rings. The highest BCUT2D eigenvalue weighted by Gasteiger charge is 2.19. The van der Waals surface area contributed by atoms with E-state index in [1.165, 1.54) is 0 Å². The third-order valence-electron chi connectivity index (χ3n) is 3.73. The molecule has 23 heavy (non-hydrogen) atoms. The molecule has 124 valence electrons. The number of nitrogens with zero attached hydrogens (tertiary/aromatic N) is 4. The minimum absolute atomic E-state index is 0.0585. The zero-order valence-electron chi connectivity index (χ0n) is 13.4. The Morgan fingerprint density at radius 2 is 2.22 bits per heavy atom. The van der Waals surface area contributed by atoms with Crippen molar-refractivity contribution in [2.24, 2.45) is 0 Å².